The molecule has 1 heterocycles. The molecule has 0 aromatic heterocycles. The minimum atomic E-state index is -0.195. The van der Waals surface area contributed by atoms with E-state index >= 15 is 0 Å². The SMILES string of the molecule is NC1CC12CCC(NC(=O)c1ccc3c(c1)C(=O)NCCO3)CC2. The van der Waals surface area contributed by atoms with Gasteiger partial charge in [-0.1, -0.05) is 0 Å². The second-order valence-electron chi connectivity index (χ2n) is 7.24. The number of nitrogens with one attached hydrogen (secondary N) is 2. The van der Waals surface area contributed by atoms with Crippen LogP contribution in [0.15, 0.2) is 18.2 Å². The molecular weight excluding hydrogens is 306 g/mol. The molecular formula is C18H23N3O3. The molecule has 1 aliphatic heterocycles. The molecule has 2 saturated carbocycles. The van der Waals surface area contributed by atoms with Gasteiger partial charge < -0.3 is 21.1 Å². The van der Waals surface area contributed by atoms with Crippen LogP contribution in [0.4, 0.5) is 0 Å². The van der Waals surface area contributed by atoms with Gasteiger partial charge in [0.2, 0.25) is 0 Å². The van der Waals surface area contributed by atoms with Crippen molar-refractivity contribution in [3.05, 3.63) is 29.3 Å². The van der Waals surface area contributed by atoms with E-state index in [2.05, 4.69) is 10.6 Å². The van der Waals surface area contributed by atoms with Crippen molar-refractivity contribution in [1.29, 1.82) is 0 Å². The van der Waals surface area contributed by atoms with E-state index in [0.717, 1.165) is 32.1 Å². The summed E-state index contributed by atoms with van der Waals surface area (Å²) in [7, 11) is 0. The molecule has 1 aromatic carbocycles. The molecule has 3 aliphatic rings. The zero-order chi connectivity index (χ0) is 16.7. The quantitative estimate of drug-likeness (QED) is 0.760. The molecule has 1 unspecified atom stereocenters. The van der Waals surface area contributed by atoms with Crippen molar-refractivity contribution in [3.63, 3.8) is 0 Å². The van der Waals surface area contributed by atoms with Crippen molar-refractivity contribution in [2.75, 3.05) is 13.2 Å². The number of rotatable bonds is 2. The minimum absolute atomic E-state index is 0.129. The van der Waals surface area contributed by atoms with E-state index in [1.54, 1.807) is 18.2 Å². The summed E-state index contributed by atoms with van der Waals surface area (Å²) in [5.41, 5.74) is 7.31. The number of benzene rings is 1. The van der Waals surface area contributed by atoms with Crippen LogP contribution in [0.2, 0.25) is 0 Å². The third-order valence-electron chi connectivity index (χ3n) is 5.70. The van der Waals surface area contributed by atoms with E-state index in [1.165, 1.54) is 0 Å². The highest BCUT2D eigenvalue weighted by Gasteiger charge is 2.52. The van der Waals surface area contributed by atoms with Crippen LogP contribution < -0.4 is 21.1 Å². The fraction of sp³-hybridized carbons (Fsp3) is 0.556. The van der Waals surface area contributed by atoms with Gasteiger partial charge in [-0.05, 0) is 55.7 Å². The molecule has 0 radical (unpaired) electrons. The van der Waals surface area contributed by atoms with Crippen LogP contribution in [-0.2, 0) is 0 Å². The lowest BCUT2D eigenvalue weighted by molar-refractivity contribution is 0.0919. The first kappa shape index (κ1) is 15.4. The third kappa shape index (κ3) is 2.75. The Morgan fingerprint density at radius 3 is 2.79 bits per heavy atom. The first-order valence-electron chi connectivity index (χ1n) is 8.69. The van der Waals surface area contributed by atoms with Crippen LogP contribution in [0.3, 0.4) is 0 Å². The zero-order valence-electron chi connectivity index (χ0n) is 13.6. The largest absolute Gasteiger partial charge is 0.491 e. The second-order valence-corrected chi connectivity index (χ2v) is 7.24. The van der Waals surface area contributed by atoms with Gasteiger partial charge in [0.25, 0.3) is 11.8 Å². The predicted octanol–water partition coefficient (Wildman–Crippen LogP) is 1.20. The van der Waals surface area contributed by atoms with Gasteiger partial charge in [-0.15, -0.1) is 0 Å². The Hall–Kier alpha value is -2.08. The summed E-state index contributed by atoms with van der Waals surface area (Å²) in [5, 5.41) is 5.86. The molecule has 2 fully saturated rings. The molecule has 2 amide bonds. The van der Waals surface area contributed by atoms with E-state index in [1.807, 2.05) is 0 Å². The molecule has 0 saturated heterocycles. The van der Waals surface area contributed by atoms with Crippen molar-refractivity contribution < 1.29 is 14.3 Å². The molecule has 128 valence electrons. The normalized spacial score (nSPS) is 31.5. The topological polar surface area (TPSA) is 93.5 Å². The maximum atomic E-state index is 12.5. The molecule has 1 atom stereocenters. The number of hydrogen-bond donors (Lipinski definition) is 3. The van der Waals surface area contributed by atoms with Gasteiger partial charge in [-0.25, -0.2) is 0 Å². The van der Waals surface area contributed by atoms with Crippen molar-refractivity contribution in [1.82, 2.24) is 10.6 Å². The summed E-state index contributed by atoms with van der Waals surface area (Å²) in [4.78, 5) is 24.6. The number of carbonyl (C=O) groups excluding carboxylic acids is 2. The summed E-state index contributed by atoms with van der Waals surface area (Å²) < 4.78 is 5.52. The van der Waals surface area contributed by atoms with Gasteiger partial charge in [-0.2, -0.15) is 0 Å². The van der Waals surface area contributed by atoms with Gasteiger partial charge in [0.05, 0.1) is 12.1 Å². The molecule has 6 nitrogen and oxygen atoms in total. The van der Waals surface area contributed by atoms with Crippen molar-refractivity contribution in [3.8, 4) is 5.75 Å². The van der Waals surface area contributed by atoms with Gasteiger partial charge in [0.15, 0.2) is 0 Å². The van der Waals surface area contributed by atoms with Crippen LogP contribution in [0.25, 0.3) is 0 Å². The maximum Gasteiger partial charge on any atom is 0.255 e. The Balaban J connectivity index is 1.42. The van der Waals surface area contributed by atoms with Gasteiger partial charge >= 0.3 is 0 Å². The predicted molar refractivity (Wildman–Crippen MR) is 89.0 cm³/mol. The molecule has 6 heteroatoms. The lowest BCUT2D eigenvalue weighted by atomic mass is 9.82. The fourth-order valence-corrected chi connectivity index (χ4v) is 3.96. The Morgan fingerprint density at radius 2 is 2.08 bits per heavy atom. The number of ether oxygens (including phenoxy) is 1. The highest BCUT2D eigenvalue weighted by Crippen LogP contribution is 2.55. The fourth-order valence-electron chi connectivity index (χ4n) is 3.96. The molecule has 1 aromatic rings. The number of nitrogens with two attached hydrogens (primary N) is 1. The lowest BCUT2D eigenvalue weighted by Crippen LogP contribution is -2.39. The number of hydrogen-bond acceptors (Lipinski definition) is 4. The van der Waals surface area contributed by atoms with Crippen molar-refractivity contribution in [2.24, 2.45) is 11.1 Å². The monoisotopic (exact) mass is 329 g/mol. The molecule has 24 heavy (non-hydrogen) atoms. The Morgan fingerprint density at radius 1 is 1.33 bits per heavy atom. The lowest BCUT2D eigenvalue weighted by Gasteiger charge is -2.29. The highest BCUT2D eigenvalue weighted by molar-refractivity contribution is 6.01. The number of carbonyl (C=O) groups is 2. The standard InChI is InChI=1S/C18H23N3O3/c19-15-10-18(15)5-3-12(4-6-18)21-16(22)11-1-2-14-13(9-11)17(23)20-7-8-24-14/h1-2,9,12,15H,3-8,10,19H2,(H,20,23)(H,21,22). The van der Waals surface area contributed by atoms with Crippen molar-refractivity contribution >= 4 is 11.8 Å². The summed E-state index contributed by atoms with van der Waals surface area (Å²) in [6, 6.07) is 5.59. The van der Waals surface area contributed by atoms with Crippen molar-refractivity contribution in [2.45, 2.75) is 44.2 Å². The van der Waals surface area contributed by atoms with E-state index < -0.39 is 0 Å². The van der Waals surface area contributed by atoms with Crippen LogP contribution in [0.5, 0.6) is 5.75 Å². The Labute approximate surface area is 141 Å². The zero-order valence-corrected chi connectivity index (χ0v) is 13.6. The first-order chi connectivity index (χ1) is 11.6. The third-order valence-corrected chi connectivity index (χ3v) is 5.70. The van der Waals surface area contributed by atoms with Gasteiger partial charge in [0.1, 0.15) is 12.4 Å². The van der Waals surface area contributed by atoms with E-state index in [0.29, 0.717) is 41.5 Å². The maximum absolute atomic E-state index is 12.5. The molecule has 0 bridgehead atoms. The minimum Gasteiger partial charge on any atom is -0.491 e. The average molecular weight is 329 g/mol. The summed E-state index contributed by atoms with van der Waals surface area (Å²) in [6.45, 7) is 0.914. The van der Waals surface area contributed by atoms with Gasteiger partial charge in [-0.3, -0.25) is 9.59 Å². The van der Waals surface area contributed by atoms with Crippen LogP contribution in [0, 0.1) is 5.41 Å². The molecule has 4 N–H and O–H groups in total. The molecule has 4 rings (SSSR count). The average Bonchev–Trinajstić information content (AvgIpc) is 3.26. The molecule has 2 aliphatic carbocycles. The number of amides is 2. The van der Waals surface area contributed by atoms with E-state index in [4.69, 9.17) is 10.5 Å². The number of fused-ring (bicyclic) bond motifs is 1. The van der Waals surface area contributed by atoms with Crippen LogP contribution >= 0.6 is 0 Å². The smallest absolute Gasteiger partial charge is 0.255 e. The highest BCUT2D eigenvalue weighted by atomic mass is 16.5. The van der Waals surface area contributed by atoms with Crippen LogP contribution in [0.1, 0.15) is 52.8 Å². The van der Waals surface area contributed by atoms with Gasteiger partial charge in [0, 0.05) is 17.6 Å². The Kier molecular flexibility index (Phi) is 3.72. The second kappa shape index (κ2) is 5.77. The first-order valence-corrected chi connectivity index (χ1v) is 8.69. The Bertz CT molecular complexity index is 680. The summed E-state index contributed by atoms with van der Waals surface area (Å²) in [6.07, 6.45) is 5.29. The summed E-state index contributed by atoms with van der Waals surface area (Å²) in [5.74, 6) is 0.208. The van der Waals surface area contributed by atoms with E-state index in [-0.39, 0.29) is 17.9 Å². The van der Waals surface area contributed by atoms with E-state index in [9.17, 15) is 9.59 Å². The van der Waals surface area contributed by atoms with Crippen LogP contribution in [-0.4, -0.2) is 37.0 Å². The molecule has 1 spiro atoms. The summed E-state index contributed by atoms with van der Waals surface area (Å²) >= 11 is 0.